The Kier molecular flexibility index (Phi) is 7.99. The van der Waals surface area contributed by atoms with Crippen molar-refractivity contribution in [2.45, 2.75) is 65.2 Å². The minimum Gasteiger partial charge on any atom is -0.0911 e. The molecule has 0 unspecified atom stereocenters. The summed E-state index contributed by atoms with van der Waals surface area (Å²) in [6, 6.07) is 37.1. The van der Waals surface area contributed by atoms with Crippen molar-refractivity contribution in [1.82, 2.24) is 0 Å². The molecule has 0 atom stereocenters. The number of hydrogen-bond donors (Lipinski definition) is 0. The number of rotatable bonds is 7. The molecule has 1 aliphatic carbocycles. The van der Waals surface area contributed by atoms with Crippen molar-refractivity contribution in [3.05, 3.63) is 150 Å². The highest BCUT2D eigenvalue weighted by Gasteiger charge is 2.29. The van der Waals surface area contributed by atoms with Gasteiger partial charge in [-0.2, -0.15) is 0 Å². The fourth-order valence-corrected chi connectivity index (χ4v) is 7.77. The van der Waals surface area contributed by atoms with Crippen molar-refractivity contribution >= 4 is 37.9 Å². The van der Waals surface area contributed by atoms with Gasteiger partial charge in [0.2, 0.25) is 0 Å². The van der Waals surface area contributed by atoms with Gasteiger partial charge in [0.25, 0.3) is 0 Å². The third kappa shape index (κ3) is 5.01. The van der Waals surface area contributed by atoms with E-state index in [9.17, 15) is 0 Å². The first-order valence-electron chi connectivity index (χ1n) is 17.1. The number of fused-ring (bicyclic) bond motifs is 6. The van der Waals surface area contributed by atoms with Gasteiger partial charge in [-0.3, -0.25) is 0 Å². The summed E-state index contributed by atoms with van der Waals surface area (Å²) >= 11 is 0. The van der Waals surface area contributed by atoms with Crippen LogP contribution < -0.4 is 0 Å². The van der Waals surface area contributed by atoms with Crippen LogP contribution in [0.25, 0.3) is 60.1 Å². The second-order valence-corrected chi connectivity index (χ2v) is 13.1. The van der Waals surface area contributed by atoms with Gasteiger partial charge < -0.3 is 0 Å². The van der Waals surface area contributed by atoms with Crippen molar-refractivity contribution in [3.8, 4) is 22.3 Å². The Labute approximate surface area is 274 Å². The second kappa shape index (κ2) is 12.3. The fraction of sp³-hybridized carbons (Fsp3) is 0.217. The monoisotopic (exact) mass is 596 g/mol. The van der Waals surface area contributed by atoms with Gasteiger partial charge in [-0.15, -0.1) is 0 Å². The molecule has 6 aromatic carbocycles. The second-order valence-electron chi connectivity index (χ2n) is 13.1. The van der Waals surface area contributed by atoms with Crippen molar-refractivity contribution in [2.75, 3.05) is 0 Å². The van der Waals surface area contributed by atoms with E-state index in [0.717, 1.165) is 24.8 Å². The number of aryl methyl sites for hydroxylation is 2. The molecule has 1 aliphatic rings. The van der Waals surface area contributed by atoms with E-state index in [4.69, 9.17) is 0 Å². The molecule has 0 radical (unpaired) electrons. The summed E-state index contributed by atoms with van der Waals surface area (Å²) in [4.78, 5) is 0. The van der Waals surface area contributed by atoms with Crippen LogP contribution in [-0.4, -0.2) is 0 Å². The number of benzene rings is 6. The molecule has 0 spiro atoms. The molecule has 0 nitrogen and oxygen atoms in total. The van der Waals surface area contributed by atoms with Crippen LogP contribution in [0.3, 0.4) is 0 Å². The zero-order valence-corrected chi connectivity index (χ0v) is 27.8. The van der Waals surface area contributed by atoms with Gasteiger partial charge >= 0.3 is 0 Å². The molecule has 0 saturated carbocycles. The van der Waals surface area contributed by atoms with Gasteiger partial charge in [-0.1, -0.05) is 137 Å². The van der Waals surface area contributed by atoms with E-state index in [2.05, 4.69) is 156 Å². The average molecular weight is 597 g/mol. The van der Waals surface area contributed by atoms with E-state index in [0.29, 0.717) is 0 Å². The van der Waals surface area contributed by atoms with E-state index in [1.54, 1.807) is 0 Å². The fourth-order valence-electron chi connectivity index (χ4n) is 7.77. The lowest BCUT2D eigenvalue weighted by atomic mass is 9.71. The van der Waals surface area contributed by atoms with Crippen LogP contribution in [0.1, 0.15) is 68.7 Å². The normalized spacial score (nSPS) is 15.5. The van der Waals surface area contributed by atoms with Crippen LogP contribution in [0.5, 0.6) is 0 Å². The van der Waals surface area contributed by atoms with E-state index in [-0.39, 0.29) is 5.41 Å². The zero-order chi connectivity index (χ0) is 31.8. The lowest BCUT2D eigenvalue weighted by Gasteiger charge is -2.33. The smallest absolute Gasteiger partial charge is 0.0136 e. The highest BCUT2D eigenvalue weighted by molar-refractivity contribution is 6.23. The van der Waals surface area contributed by atoms with Crippen molar-refractivity contribution in [2.24, 2.45) is 0 Å². The van der Waals surface area contributed by atoms with Crippen molar-refractivity contribution in [3.63, 3.8) is 0 Å². The van der Waals surface area contributed by atoms with Crippen LogP contribution in [0.4, 0.5) is 0 Å². The first kappa shape index (κ1) is 30.0. The van der Waals surface area contributed by atoms with Crippen LogP contribution in [0.2, 0.25) is 0 Å². The topological polar surface area (TPSA) is 0 Å². The first-order chi connectivity index (χ1) is 22.5. The summed E-state index contributed by atoms with van der Waals surface area (Å²) in [5, 5.41) is 7.83. The summed E-state index contributed by atoms with van der Waals surface area (Å²) in [5.74, 6) is 0. The van der Waals surface area contributed by atoms with E-state index in [1.807, 2.05) is 0 Å². The van der Waals surface area contributed by atoms with Gasteiger partial charge in [0.15, 0.2) is 0 Å². The predicted molar refractivity (Wildman–Crippen MR) is 203 cm³/mol. The minimum absolute atomic E-state index is 0.0304. The molecule has 6 aromatic rings. The Bertz CT molecular complexity index is 2180. The van der Waals surface area contributed by atoms with Gasteiger partial charge in [0, 0.05) is 5.41 Å². The summed E-state index contributed by atoms with van der Waals surface area (Å²) < 4.78 is 0. The Morgan fingerprint density at radius 3 is 1.78 bits per heavy atom. The maximum absolute atomic E-state index is 4.46. The molecule has 0 saturated heterocycles. The molecule has 0 fully saturated rings. The molecule has 0 heterocycles. The maximum atomic E-state index is 4.46. The summed E-state index contributed by atoms with van der Waals surface area (Å²) in [6.07, 6.45) is 14.5. The first-order valence-corrected chi connectivity index (χ1v) is 17.1. The highest BCUT2D eigenvalue weighted by Crippen LogP contribution is 2.45. The third-order valence-corrected chi connectivity index (χ3v) is 10.6. The third-order valence-electron chi connectivity index (χ3n) is 10.6. The lowest BCUT2D eigenvalue weighted by molar-refractivity contribution is 0.496. The van der Waals surface area contributed by atoms with Gasteiger partial charge in [-0.05, 0) is 133 Å². The highest BCUT2D eigenvalue weighted by atomic mass is 14.3. The van der Waals surface area contributed by atoms with E-state index >= 15 is 0 Å². The number of allylic oxidation sites excluding steroid dienone is 5. The van der Waals surface area contributed by atoms with E-state index < -0.39 is 0 Å². The SMILES string of the molecule is C=C1/C=C\C=C/C(CC)(CC)c2cc(-c3cc4c5ccccc5c(-c5ccc(C)c(CCCC)c5)cc4c4ccccc34)ccc21. The summed E-state index contributed by atoms with van der Waals surface area (Å²) in [5.41, 5.74) is 11.7. The molecule has 228 valence electrons. The Morgan fingerprint density at radius 2 is 1.17 bits per heavy atom. The molecular weight excluding hydrogens is 553 g/mol. The maximum Gasteiger partial charge on any atom is 0.0136 e. The zero-order valence-electron chi connectivity index (χ0n) is 27.8. The Balaban J connectivity index is 1.51. The number of unbranched alkanes of at least 4 members (excludes halogenated alkanes) is 1. The molecule has 0 aliphatic heterocycles. The van der Waals surface area contributed by atoms with Crippen molar-refractivity contribution in [1.29, 1.82) is 0 Å². The largest absolute Gasteiger partial charge is 0.0911 e. The molecule has 46 heavy (non-hydrogen) atoms. The van der Waals surface area contributed by atoms with Crippen LogP contribution >= 0.6 is 0 Å². The van der Waals surface area contributed by atoms with Crippen molar-refractivity contribution < 1.29 is 0 Å². The number of hydrogen-bond acceptors (Lipinski definition) is 0. The molecule has 0 N–H and O–H groups in total. The van der Waals surface area contributed by atoms with Crippen LogP contribution in [0, 0.1) is 6.92 Å². The lowest BCUT2D eigenvalue weighted by Crippen LogP contribution is -2.23. The van der Waals surface area contributed by atoms with Gasteiger partial charge in [0.1, 0.15) is 0 Å². The minimum atomic E-state index is -0.0304. The molecule has 0 heteroatoms. The molecule has 7 rings (SSSR count). The molecule has 0 aromatic heterocycles. The average Bonchev–Trinajstić information content (AvgIpc) is 3.10. The standard InChI is InChI=1S/C46H44/c1-6-9-17-33-27-34(23-22-31(33)4)41-29-43-40-21-13-11-19-38(40)42(30-44(43)39-20-12-10-18-37(39)41)35-24-25-36-32(5)16-14-15-26-46(7-2,8-3)45(36)28-35/h10-16,18-30H,5-9,17H2,1-4H3/b16-14-,26-15-. The Hall–Kier alpha value is -4.68. The molecule has 0 amide bonds. The summed E-state index contributed by atoms with van der Waals surface area (Å²) in [7, 11) is 0. The Morgan fingerprint density at radius 1 is 0.587 bits per heavy atom. The van der Waals surface area contributed by atoms with Crippen LogP contribution in [0.15, 0.2) is 128 Å². The molecular formula is C46H44. The molecule has 0 bridgehead atoms. The quantitative estimate of drug-likeness (QED) is 0.161. The predicted octanol–water partition coefficient (Wildman–Crippen LogP) is 13.3. The van der Waals surface area contributed by atoms with Crippen LogP contribution in [-0.2, 0) is 11.8 Å². The summed E-state index contributed by atoms with van der Waals surface area (Å²) in [6.45, 7) is 13.6. The van der Waals surface area contributed by atoms with Gasteiger partial charge in [0.05, 0.1) is 0 Å². The van der Waals surface area contributed by atoms with E-state index in [1.165, 1.54) is 89.7 Å². The van der Waals surface area contributed by atoms with Gasteiger partial charge in [-0.25, -0.2) is 0 Å².